The van der Waals surface area contributed by atoms with Crippen molar-refractivity contribution in [2.75, 3.05) is 38.4 Å². The predicted octanol–water partition coefficient (Wildman–Crippen LogP) is 4.46. The van der Waals surface area contributed by atoms with Gasteiger partial charge >= 0.3 is 12.0 Å². The summed E-state index contributed by atoms with van der Waals surface area (Å²) in [7, 11) is 4.79. The highest BCUT2D eigenvalue weighted by atomic mass is 16.5. The quantitative estimate of drug-likeness (QED) is 0.312. The lowest BCUT2D eigenvalue weighted by molar-refractivity contribution is -0.131. The van der Waals surface area contributed by atoms with Crippen LogP contribution in [0.4, 0.5) is 16.2 Å². The maximum absolute atomic E-state index is 13.5. The molecule has 0 aliphatic carbocycles. The van der Waals surface area contributed by atoms with Crippen molar-refractivity contribution in [1.82, 2.24) is 10.2 Å². The van der Waals surface area contributed by atoms with Gasteiger partial charge in [-0.05, 0) is 67.4 Å². The zero-order chi connectivity index (χ0) is 28.8. The molecule has 0 aromatic heterocycles. The van der Waals surface area contributed by atoms with Crippen LogP contribution in [0.3, 0.4) is 0 Å². The number of para-hydroxylation sites is 1. The lowest BCUT2D eigenvalue weighted by atomic mass is 10.00. The molecule has 3 amide bonds. The van der Waals surface area contributed by atoms with E-state index < -0.39 is 12.0 Å². The van der Waals surface area contributed by atoms with Gasteiger partial charge in [-0.2, -0.15) is 0 Å². The Labute approximate surface area is 233 Å². The van der Waals surface area contributed by atoms with Crippen LogP contribution in [0.25, 0.3) is 0 Å². The second-order valence-electron chi connectivity index (χ2n) is 9.65. The van der Waals surface area contributed by atoms with Crippen LogP contribution >= 0.6 is 0 Å². The fraction of sp³-hybridized carbons (Fsp3) is 0.300. The molecule has 1 saturated heterocycles. The number of hydrogen-bond acceptors (Lipinski definition) is 6. The highest BCUT2D eigenvalue weighted by Gasteiger charge is 2.36. The normalized spacial score (nSPS) is 16.4. The zero-order valence-corrected chi connectivity index (χ0v) is 23.0. The van der Waals surface area contributed by atoms with E-state index in [9.17, 15) is 19.5 Å². The molecule has 0 unspecified atom stereocenters. The number of methoxy groups -OCH3 is 2. The molecule has 0 radical (unpaired) electrons. The summed E-state index contributed by atoms with van der Waals surface area (Å²) in [5, 5.41) is 18.3. The van der Waals surface area contributed by atoms with E-state index in [2.05, 4.69) is 16.0 Å². The van der Waals surface area contributed by atoms with E-state index in [-0.39, 0.29) is 35.7 Å². The van der Waals surface area contributed by atoms with Gasteiger partial charge in [-0.15, -0.1) is 0 Å². The van der Waals surface area contributed by atoms with Crippen molar-refractivity contribution in [2.45, 2.75) is 31.8 Å². The first kappa shape index (κ1) is 28.4. The molecule has 1 aliphatic rings. The average Bonchev–Trinajstić information content (AvgIpc) is 3.39. The number of likely N-dealkylation sites (N-methyl/N-ethyl adjacent to an activating group) is 1. The number of hydrogen-bond donors (Lipinski definition) is 4. The number of carbonyl (C=O) groups is 3. The van der Waals surface area contributed by atoms with Crippen molar-refractivity contribution < 1.29 is 29.0 Å². The molecule has 1 heterocycles. The number of carboxylic acid groups (broad SMARTS) is 1. The third-order valence-electron chi connectivity index (χ3n) is 7.13. The number of urea groups is 1. The van der Waals surface area contributed by atoms with Gasteiger partial charge in [-0.3, -0.25) is 4.79 Å². The summed E-state index contributed by atoms with van der Waals surface area (Å²) in [4.78, 5) is 39.5. The number of nitrogens with zero attached hydrogens (tertiary/aromatic N) is 1. The van der Waals surface area contributed by atoms with Crippen molar-refractivity contribution in [3.05, 3.63) is 82.9 Å². The SMILES string of the molecule is CN[C@@H]1C[C@@H](c2ccc(C(=O)O)c(OC)c2)N(C(=O)Cc2ccc(NC(=O)Nc3ccccc3C)c(OC)c2)C1. The first-order chi connectivity index (χ1) is 19.2. The number of carbonyl (C=O) groups excluding carboxylic acids is 2. The van der Waals surface area contributed by atoms with E-state index in [1.807, 2.05) is 43.1 Å². The molecule has 4 N–H and O–H groups in total. The fourth-order valence-electron chi connectivity index (χ4n) is 4.94. The third-order valence-corrected chi connectivity index (χ3v) is 7.13. The van der Waals surface area contributed by atoms with Crippen LogP contribution in [0.15, 0.2) is 60.7 Å². The molecule has 4 rings (SSSR count). The van der Waals surface area contributed by atoms with Crippen LogP contribution in [0.1, 0.15) is 39.5 Å². The number of likely N-dealkylation sites (tertiary alicyclic amines) is 1. The Balaban J connectivity index is 1.49. The number of aromatic carboxylic acids is 1. The summed E-state index contributed by atoms with van der Waals surface area (Å²) in [5.41, 5.74) is 3.74. The molecule has 10 heteroatoms. The monoisotopic (exact) mass is 546 g/mol. The number of ether oxygens (including phenoxy) is 2. The van der Waals surface area contributed by atoms with Crippen LogP contribution < -0.4 is 25.4 Å². The minimum absolute atomic E-state index is 0.0701. The molecule has 10 nitrogen and oxygen atoms in total. The van der Waals surface area contributed by atoms with E-state index in [1.54, 1.807) is 30.3 Å². The minimum Gasteiger partial charge on any atom is -0.496 e. The van der Waals surface area contributed by atoms with Gasteiger partial charge in [0.2, 0.25) is 5.91 Å². The Hall–Kier alpha value is -4.57. The minimum atomic E-state index is -1.07. The maximum atomic E-state index is 13.5. The summed E-state index contributed by atoms with van der Waals surface area (Å²) in [6, 6.07) is 17.1. The second-order valence-corrected chi connectivity index (χ2v) is 9.65. The average molecular weight is 547 g/mol. The van der Waals surface area contributed by atoms with Crippen LogP contribution in [0, 0.1) is 6.92 Å². The molecule has 1 aliphatic heterocycles. The predicted molar refractivity (Wildman–Crippen MR) is 152 cm³/mol. The summed E-state index contributed by atoms with van der Waals surface area (Å²) >= 11 is 0. The van der Waals surface area contributed by atoms with Gasteiger partial charge in [-0.25, -0.2) is 9.59 Å². The van der Waals surface area contributed by atoms with Gasteiger partial charge in [0.15, 0.2) is 0 Å². The molecule has 0 spiro atoms. The summed E-state index contributed by atoms with van der Waals surface area (Å²) < 4.78 is 10.8. The topological polar surface area (TPSA) is 129 Å². The third kappa shape index (κ3) is 6.35. The highest BCUT2D eigenvalue weighted by molar-refractivity contribution is 6.01. The first-order valence-electron chi connectivity index (χ1n) is 12.9. The van der Waals surface area contributed by atoms with Crippen molar-refractivity contribution >= 4 is 29.3 Å². The van der Waals surface area contributed by atoms with Crippen molar-refractivity contribution in [2.24, 2.45) is 0 Å². The molecular formula is C30H34N4O6. The first-order valence-corrected chi connectivity index (χ1v) is 12.9. The van der Waals surface area contributed by atoms with Crippen molar-refractivity contribution in [1.29, 1.82) is 0 Å². The van der Waals surface area contributed by atoms with Gasteiger partial charge in [0.05, 0.1) is 32.4 Å². The maximum Gasteiger partial charge on any atom is 0.339 e. The Morgan fingerprint density at radius 1 is 0.950 bits per heavy atom. The lowest BCUT2D eigenvalue weighted by Crippen LogP contribution is -2.35. The molecule has 3 aromatic rings. The smallest absolute Gasteiger partial charge is 0.339 e. The van der Waals surface area contributed by atoms with Crippen LogP contribution in [0.2, 0.25) is 0 Å². The number of nitrogens with one attached hydrogen (secondary N) is 3. The summed E-state index contributed by atoms with van der Waals surface area (Å²) in [6.07, 6.45) is 0.809. The summed E-state index contributed by atoms with van der Waals surface area (Å²) in [5.74, 6) is -0.464. The van der Waals surface area contributed by atoms with Gasteiger partial charge in [-0.1, -0.05) is 30.3 Å². The number of aryl methyl sites for hydroxylation is 1. The molecule has 3 aromatic carbocycles. The van der Waals surface area contributed by atoms with Crippen molar-refractivity contribution in [3.8, 4) is 11.5 Å². The molecule has 0 saturated carbocycles. The van der Waals surface area contributed by atoms with Crippen LogP contribution in [0.5, 0.6) is 11.5 Å². The van der Waals surface area contributed by atoms with E-state index >= 15 is 0 Å². The number of carboxylic acids is 1. The van der Waals surface area contributed by atoms with Gasteiger partial charge < -0.3 is 35.4 Å². The molecule has 0 bridgehead atoms. The molecule has 1 fully saturated rings. The molecule has 40 heavy (non-hydrogen) atoms. The molecular weight excluding hydrogens is 512 g/mol. The summed E-state index contributed by atoms with van der Waals surface area (Å²) in [6.45, 7) is 2.42. The number of rotatable bonds is 9. The Kier molecular flexibility index (Phi) is 8.90. The molecule has 210 valence electrons. The largest absolute Gasteiger partial charge is 0.496 e. The van der Waals surface area contributed by atoms with Gasteiger partial charge in [0, 0.05) is 18.3 Å². The standard InChI is InChI=1S/C30H34N4O6/c1-18-7-5-6-8-23(18)32-30(38)33-24-12-9-19(13-27(24)40-4)14-28(35)34-17-21(31-2)16-25(34)20-10-11-22(29(36)37)26(15-20)39-3/h5-13,15,21,25,31H,14,16-17H2,1-4H3,(H,36,37)(H2,32,33,38)/t21-,25+/m1/s1. The van der Waals surface area contributed by atoms with Crippen LogP contribution in [-0.4, -0.2) is 61.8 Å². The zero-order valence-electron chi connectivity index (χ0n) is 23.0. The van der Waals surface area contributed by atoms with Gasteiger partial charge in [0.25, 0.3) is 0 Å². The Morgan fingerprint density at radius 3 is 2.35 bits per heavy atom. The van der Waals surface area contributed by atoms with E-state index in [1.165, 1.54) is 20.3 Å². The Morgan fingerprint density at radius 2 is 1.68 bits per heavy atom. The highest BCUT2D eigenvalue weighted by Crippen LogP contribution is 2.36. The molecule has 2 atom stereocenters. The van der Waals surface area contributed by atoms with E-state index in [0.717, 1.165) is 16.7 Å². The number of anilines is 2. The Bertz CT molecular complexity index is 1410. The van der Waals surface area contributed by atoms with Gasteiger partial charge in [0.1, 0.15) is 17.1 Å². The number of benzene rings is 3. The lowest BCUT2D eigenvalue weighted by Gasteiger charge is -2.26. The number of amides is 3. The van der Waals surface area contributed by atoms with Crippen molar-refractivity contribution in [3.63, 3.8) is 0 Å². The van der Waals surface area contributed by atoms with E-state index in [0.29, 0.717) is 30.1 Å². The second kappa shape index (κ2) is 12.5. The van der Waals surface area contributed by atoms with Crippen LogP contribution in [-0.2, 0) is 11.2 Å². The van der Waals surface area contributed by atoms with E-state index in [4.69, 9.17) is 9.47 Å². The fourth-order valence-corrected chi connectivity index (χ4v) is 4.94.